The lowest BCUT2D eigenvalue weighted by Crippen LogP contribution is -2.34. The highest BCUT2D eigenvalue weighted by Gasteiger charge is 2.21. The fourth-order valence-corrected chi connectivity index (χ4v) is 1.26. The molecular formula is C10H11N3O4. The fourth-order valence-electron chi connectivity index (χ4n) is 1.26. The highest BCUT2D eigenvalue weighted by atomic mass is 16.5. The van der Waals surface area contributed by atoms with E-state index >= 15 is 0 Å². The van der Waals surface area contributed by atoms with Crippen LogP contribution in [0.2, 0.25) is 0 Å². The highest BCUT2D eigenvalue weighted by Crippen LogP contribution is 2.19. The van der Waals surface area contributed by atoms with Crippen LogP contribution in [0.4, 0.5) is 0 Å². The van der Waals surface area contributed by atoms with Crippen LogP contribution in [-0.2, 0) is 4.79 Å². The molecule has 0 saturated carbocycles. The Morgan fingerprint density at radius 2 is 1.82 bits per heavy atom. The van der Waals surface area contributed by atoms with Crippen LogP contribution in [0.25, 0.3) is 0 Å². The van der Waals surface area contributed by atoms with E-state index in [0.29, 0.717) is 11.5 Å². The molecule has 2 rings (SSSR count). The Morgan fingerprint density at radius 1 is 1.18 bits per heavy atom. The summed E-state index contributed by atoms with van der Waals surface area (Å²) in [6.45, 7) is 0. The maximum Gasteiger partial charge on any atom is 0.359 e. The van der Waals surface area contributed by atoms with E-state index in [1.54, 1.807) is 31.4 Å². The topological polar surface area (TPSA) is 91.9 Å². The Kier molecular flexibility index (Phi) is 3.01. The summed E-state index contributed by atoms with van der Waals surface area (Å²) in [6.07, 6.45) is 0. The monoisotopic (exact) mass is 237 g/mol. The summed E-state index contributed by atoms with van der Waals surface area (Å²) in [7, 11) is 1.56. The molecule has 0 spiro atoms. The number of hydrogen-bond acceptors (Lipinski definition) is 6. The number of methoxy groups -OCH3 is 1. The van der Waals surface area contributed by atoms with Crippen molar-refractivity contribution >= 4 is 5.97 Å². The van der Waals surface area contributed by atoms with Gasteiger partial charge in [0.05, 0.1) is 7.11 Å². The van der Waals surface area contributed by atoms with E-state index in [9.17, 15) is 4.79 Å². The zero-order chi connectivity index (χ0) is 12.3. The molecule has 90 valence electrons. The first-order chi connectivity index (χ1) is 8.20. The van der Waals surface area contributed by atoms with Crippen LogP contribution >= 0.6 is 0 Å². The molecule has 1 aliphatic rings. The van der Waals surface area contributed by atoms with E-state index in [-0.39, 0.29) is 11.6 Å². The molecule has 0 aromatic heterocycles. The lowest BCUT2D eigenvalue weighted by molar-refractivity contribution is -0.133. The number of aliphatic carboxylic acids is 1. The summed E-state index contributed by atoms with van der Waals surface area (Å²) < 4.78 is 10.4. The van der Waals surface area contributed by atoms with Gasteiger partial charge >= 0.3 is 5.97 Å². The van der Waals surface area contributed by atoms with Gasteiger partial charge in [0.25, 0.3) is 0 Å². The van der Waals surface area contributed by atoms with Crippen LogP contribution in [-0.4, -0.2) is 18.2 Å². The summed E-state index contributed by atoms with van der Waals surface area (Å²) in [6, 6.07) is 6.77. The first-order valence-corrected chi connectivity index (χ1v) is 4.77. The van der Waals surface area contributed by atoms with Crippen molar-refractivity contribution in [2.24, 2.45) is 0 Å². The van der Waals surface area contributed by atoms with E-state index in [2.05, 4.69) is 16.4 Å². The maximum absolute atomic E-state index is 10.8. The van der Waals surface area contributed by atoms with Crippen LogP contribution in [0.3, 0.4) is 0 Å². The van der Waals surface area contributed by atoms with E-state index in [1.807, 2.05) is 0 Å². The number of hydrazine groups is 2. The molecule has 1 aromatic rings. The van der Waals surface area contributed by atoms with Gasteiger partial charge in [-0.25, -0.2) is 4.79 Å². The van der Waals surface area contributed by atoms with Crippen molar-refractivity contribution in [3.8, 4) is 11.5 Å². The smallest absolute Gasteiger partial charge is 0.359 e. The Bertz CT molecular complexity index is 455. The number of carboxylic acids is 1. The standard InChI is InChI=1S/C10H11N3O4/c1-16-6-2-4-7(5-3-6)17-9-8(10(14)15)11-13-12-9/h2-5,11-13H,1H3,(H,14,15). The van der Waals surface area contributed by atoms with Crippen LogP contribution in [0.5, 0.6) is 11.5 Å². The SMILES string of the molecule is COc1ccc(OC2=C(C(=O)O)NNN2)cc1. The molecule has 7 heteroatoms. The average molecular weight is 237 g/mol. The maximum atomic E-state index is 10.8. The van der Waals surface area contributed by atoms with Crippen molar-refractivity contribution in [2.75, 3.05) is 7.11 Å². The van der Waals surface area contributed by atoms with Gasteiger partial charge in [-0.15, -0.1) is 5.53 Å². The number of hydrogen-bond donors (Lipinski definition) is 4. The summed E-state index contributed by atoms with van der Waals surface area (Å²) in [5, 5.41) is 8.84. The molecule has 0 unspecified atom stereocenters. The lowest BCUT2D eigenvalue weighted by atomic mass is 10.3. The third-order valence-electron chi connectivity index (χ3n) is 2.08. The lowest BCUT2D eigenvalue weighted by Gasteiger charge is -2.07. The van der Waals surface area contributed by atoms with E-state index < -0.39 is 5.97 Å². The Morgan fingerprint density at radius 3 is 2.41 bits per heavy atom. The molecule has 0 saturated heterocycles. The zero-order valence-corrected chi connectivity index (χ0v) is 8.98. The van der Waals surface area contributed by atoms with Crippen molar-refractivity contribution in [2.45, 2.75) is 0 Å². The van der Waals surface area contributed by atoms with Crippen LogP contribution in [0.15, 0.2) is 35.8 Å². The van der Waals surface area contributed by atoms with Crippen LogP contribution < -0.4 is 25.9 Å². The van der Waals surface area contributed by atoms with Gasteiger partial charge in [-0.3, -0.25) is 10.9 Å². The highest BCUT2D eigenvalue weighted by molar-refractivity contribution is 5.86. The zero-order valence-electron chi connectivity index (χ0n) is 8.98. The normalized spacial score (nSPS) is 13.9. The fraction of sp³-hybridized carbons (Fsp3) is 0.100. The minimum absolute atomic E-state index is 0.0826. The molecule has 1 heterocycles. The molecule has 1 aliphatic heterocycles. The van der Waals surface area contributed by atoms with Crippen molar-refractivity contribution in [3.05, 3.63) is 35.8 Å². The summed E-state index contributed by atoms with van der Waals surface area (Å²) in [5.41, 5.74) is 7.33. The van der Waals surface area contributed by atoms with Gasteiger partial charge in [-0.1, -0.05) is 0 Å². The largest absolute Gasteiger partial charge is 0.497 e. The number of nitrogens with one attached hydrogen (secondary N) is 3. The average Bonchev–Trinajstić information content (AvgIpc) is 2.78. The summed E-state index contributed by atoms with van der Waals surface area (Å²) in [4.78, 5) is 10.8. The Balaban J connectivity index is 2.14. The number of carbonyl (C=O) groups is 1. The Hall–Kier alpha value is -2.41. The molecule has 0 aliphatic carbocycles. The number of rotatable bonds is 4. The molecule has 4 N–H and O–H groups in total. The van der Waals surface area contributed by atoms with E-state index in [0.717, 1.165) is 0 Å². The minimum atomic E-state index is -1.12. The molecule has 17 heavy (non-hydrogen) atoms. The first-order valence-electron chi connectivity index (χ1n) is 4.77. The summed E-state index contributed by atoms with van der Waals surface area (Å²) >= 11 is 0. The van der Waals surface area contributed by atoms with E-state index in [4.69, 9.17) is 14.6 Å². The van der Waals surface area contributed by atoms with Gasteiger partial charge in [-0.05, 0) is 24.3 Å². The van der Waals surface area contributed by atoms with Gasteiger partial charge < -0.3 is 14.6 Å². The number of carboxylic acid groups (broad SMARTS) is 1. The Labute approximate surface area is 97.0 Å². The van der Waals surface area contributed by atoms with Crippen molar-refractivity contribution < 1.29 is 19.4 Å². The van der Waals surface area contributed by atoms with Crippen molar-refractivity contribution in [1.29, 1.82) is 0 Å². The molecular weight excluding hydrogens is 226 g/mol. The van der Waals surface area contributed by atoms with Gasteiger partial charge in [0.2, 0.25) is 5.88 Å². The second-order valence-corrected chi connectivity index (χ2v) is 3.16. The van der Waals surface area contributed by atoms with Crippen molar-refractivity contribution in [3.63, 3.8) is 0 Å². The van der Waals surface area contributed by atoms with Crippen LogP contribution in [0, 0.1) is 0 Å². The molecule has 0 atom stereocenters. The minimum Gasteiger partial charge on any atom is -0.497 e. The van der Waals surface area contributed by atoms with Gasteiger partial charge in [0.1, 0.15) is 11.5 Å². The molecule has 0 amide bonds. The van der Waals surface area contributed by atoms with E-state index in [1.165, 1.54) is 0 Å². The van der Waals surface area contributed by atoms with Gasteiger partial charge in [0, 0.05) is 0 Å². The number of benzene rings is 1. The molecule has 0 bridgehead atoms. The molecule has 7 nitrogen and oxygen atoms in total. The number of ether oxygens (including phenoxy) is 2. The molecule has 1 aromatic carbocycles. The third-order valence-corrected chi connectivity index (χ3v) is 2.08. The van der Waals surface area contributed by atoms with Gasteiger partial charge in [0.15, 0.2) is 5.70 Å². The molecule has 0 fully saturated rings. The predicted molar refractivity (Wildman–Crippen MR) is 57.7 cm³/mol. The van der Waals surface area contributed by atoms with Gasteiger partial charge in [-0.2, -0.15) is 0 Å². The second-order valence-electron chi connectivity index (χ2n) is 3.16. The first kappa shape index (κ1) is 11.1. The quantitative estimate of drug-likeness (QED) is 0.583. The third kappa shape index (κ3) is 2.40. The second kappa shape index (κ2) is 4.62. The van der Waals surface area contributed by atoms with Crippen molar-refractivity contribution in [1.82, 2.24) is 16.4 Å². The predicted octanol–water partition coefficient (Wildman–Crippen LogP) is -0.0599. The summed E-state index contributed by atoms with van der Waals surface area (Å²) in [5.74, 6) is 0.173. The molecule has 0 radical (unpaired) electrons. The van der Waals surface area contributed by atoms with Crippen LogP contribution in [0.1, 0.15) is 0 Å².